The number of nitriles is 1. The summed E-state index contributed by atoms with van der Waals surface area (Å²) in [4.78, 5) is 4.89. The van der Waals surface area contributed by atoms with Gasteiger partial charge < -0.3 is 10.2 Å². The lowest BCUT2D eigenvalue weighted by Gasteiger charge is -2.39. The number of anilines is 1. The first kappa shape index (κ1) is 15.8. The first-order valence-electron chi connectivity index (χ1n) is 7.86. The van der Waals surface area contributed by atoms with Gasteiger partial charge in [-0.15, -0.1) is 0 Å². The monoisotopic (exact) mass is 286 g/mol. The zero-order chi connectivity index (χ0) is 15.2. The van der Waals surface area contributed by atoms with Gasteiger partial charge in [-0.2, -0.15) is 5.26 Å². The molecule has 0 radical (unpaired) electrons. The summed E-state index contributed by atoms with van der Waals surface area (Å²) < 4.78 is 0. The summed E-state index contributed by atoms with van der Waals surface area (Å²) in [5.74, 6) is 0. The Morgan fingerprint density at radius 1 is 1.29 bits per heavy atom. The largest absolute Gasteiger partial charge is 0.368 e. The van der Waals surface area contributed by atoms with E-state index in [0.717, 1.165) is 49.5 Å². The third-order valence-corrected chi connectivity index (χ3v) is 4.43. The van der Waals surface area contributed by atoms with Gasteiger partial charge in [-0.3, -0.25) is 4.90 Å². The highest BCUT2D eigenvalue weighted by molar-refractivity contribution is 5.60. The van der Waals surface area contributed by atoms with Gasteiger partial charge >= 0.3 is 0 Å². The molecule has 1 saturated heterocycles. The summed E-state index contributed by atoms with van der Waals surface area (Å²) in [6, 6.07) is 9.23. The lowest BCUT2D eigenvalue weighted by Crippen LogP contribution is -2.49. The van der Waals surface area contributed by atoms with E-state index in [0.29, 0.717) is 6.04 Å². The zero-order valence-electron chi connectivity index (χ0n) is 13.4. The van der Waals surface area contributed by atoms with Crippen molar-refractivity contribution in [3.63, 3.8) is 0 Å². The van der Waals surface area contributed by atoms with E-state index in [1.54, 1.807) is 0 Å². The average molecular weight is 286 g/mol. The summed E-state index contributed by atoms with van der Waals surface area (Å²) >= 11 is 0. The van der Waals surface area contributed by atoms with Gasteiger partial charge in [0, 0.05) is 38.8 Å². The highest BCUT2D eigenvalue weighted by Crippen LogP contribution is 2.23. The molecule has 0 bridgehead atoms. The molecule has 1 unspecified atom stereocenters. The van der Waals surface area contributed by atoms with E-state index < -0.39 is 0 Å². The highest BCUT2D eigenvalue weighted by Gasteiger charge is 2.21. The van der Waals surface area contributed by atoms with E-state index in [1.807, 2.05) is 13.1 Å². The van der Waals surface area contributed by atoms with Crippen molar-refractivity contribution in [2.24, 2.45) is 0 Å². The smallest absolute Gasteiger partial charge is 0.101 e. The van der Waals surface area contributed by atoms with Crippen molar-refractivity contribution in [2.45, 2.75) is 32.9 Å². The van der Waals surface area contributed by atoms with Crippen molar-refractivity contribution in [1.82, 2.24) is 10.2 Å². The number of nitrogens with zero attached hydrogens (tertiary/aromatic N) is 3. The average Bonchev–Trinajstić information content (AvgIpc) is 2.54. The molecule has 0 saturated carbocycles. The topological polar surface area (TPSA) is 42.3 Å². The van der Waals surface area contributed by atoms with Crippen molar-refractivity contribution in [2.75, 3.05) is 38.1 Å². The Morgan fingerprint density at radius 3 is 2.57 bits per heavy atom. The van der Waals surface area contributed by atoms with Crippen LogP contribution in [0.1, 0.15) is 31.4 Å². The molecule has 1 aromatic rings. The number of hydrogen-bond donors (Lipinski definition) is 1. The molecule has 0 spiro atoms. The van der Waals surface area contributed by atoms with Crippen LogP contribution in [0.4, 0.5) is 5.69 Å². The molecular weight excluding hydrogens is 260 g/mol. The van der Waals surface area contributed by atoms with Gasteiger partial charge in [0.05, 0.1) is 11.3 Å². The molecule has 0 aliphatic carbocycles. The van der Waals surface area contributed by atoms with E-state index in [-0.39, 0.29) is 0 Å². The SMILES string of the molecule is CCC(C)N1CCN(c2ccc(CNC)cc2C#N)CC1. The van der Waals surface area contributed by atoms with Gasteiger partial charge in [0.2, 0.25) is 0 Å². The molecule has 4 heteroatoms. The predicted octanol–water partition coefficient (Wildman–Crippen LogP) is 2.20. The third kappa shape index (κ3) is 3.75. The number of nitrogens with one attached hydrogen (secondary N) is 1. The summed E-state index contributed by atoms with van der Waals surface area (Å²) in [5, 5.41) is 12.5. The summed E-state index contributed by atoms with van der Waals surface area (Å²) in [5.41, 5.74) is 3.04. The predicted molar refractivity (Wildman–Crippen MR) is 87.5 cm³/mol. The number of piperazine rings is 1. The molecule has 2 rings (SSSR count). The Hall–Kier alpha value is -1.57. The summed E-state index contributed by atoms with van der Waals surface area (Å²) in [7, 11) is 1.92. The van der Waals surface area contributed by atoms with Crippen LogP contribution in [0.5, 0.6) is 0 Å². The number of benzene rings is 1. The van der Waals surface area contributed by atoms with Gasteiger partial charge in [-0.05, 0) is 38.1 Å². The first-order chi connectivity index (χ1) is 10.2. The molecule has 21 heavy (non-hydrogen) atoms. The Bertz CT molecular complexity index is 498. The molecule has 1 aromatic carbocycles. The van der Waals surface area contributed by atoms with Crippen LogP contribution in [0.25, 0.3) is 0 Å². The van der Waals surface area contributed by atoms with E-state index >= 15 is 0 Å². The van der Waals surface area contributed by atoms with E-state index in [4.69, 9.17) is 0 Å². The second-order valence-electron chi connectivity index (χ2n) is 5.77. The van der Waals surface area contributed by atoms with Gasteiger partial charge in [0.1, 0.15) is 6.07 Å². The molecule has 1 N–H and O–H groups in total. The van der Waals surface area contributed by atoms with E-state index in [9.17, 15) is 5.26 Å². The summed E-state index contributed by atoms with van der Waals surface area (Å²) in [6.45, 7) is 9.51. The van der Waals surface area contributed by atoms with Crippen LogP contribution in [0, 0.1) is 11.3 Å². The third-order valence-electron chi connectivity index (χ3n) is 4.43. The Morgan fingerprint density at radius 2 is 2.00 bits per heavy atom. The minimum absolute atomic E-state index is 0.653. The minimum atomic E-state index is 0.653. The molecule has 1 heterocycles. The van der Waals surface area contributed by atoms with Gasteiger partial charge in [0.25, 0.3) is 0 Å². The molecule has 0 aromatic heterocycles. The van der Waals surface area contributed by atoms with Crippen LogP contribution in [-0.4, -0.2) is 44.2 Å². The fraction of sp³-hybridized carbons (Fsp3) is 0.588. The van der Waals surface area contributed by atoms with Crippen LogP contribution >= 0.6 is 0 Å². The van der Waals surface area contributed by atoms with Gasteiger partial charge in [-0.1, -0.05) is 13.0 Å². The maximum absolute atomic E-state index is 9.41. The quantitative estimate of drug-likeness (QED) is 0.901. The minimum Gasteiger partial charge on any atom is -0.368 e. The molecule has 0 amide bonds. The van der Waals surface area contributed by atoms with Gasteiger partial charge in [-0.25, -0.2) is 0 Å². The Kier molecular flexibility index (Phi) is 5.60. The second kappa shape index (κ2) is 7.44. The molecule has 1 aliphatic heterocycles. The fourth-order valence-electron chi connectivity index (χ4n) is 2.92. The normalized spacial score (nSPS) is 17.5. The Balaban J connectivity index is 2.08. The molecule has 4 nitrogen and oxygen atoms in total. The molecule has 1 fully saturated rings. The number of hydrogen-bond acceptors (Lipinski definition) is 4. The Labute approximate surface area is 128 Å². The van der Waals surface area contributed by atoms with Crippen molar-refractivity contribution >= 4 is 5.69 Å². The number of rotatable bonds is 5. The fourth-order valence-corrected chi connectivity index (χ4v) is 2.92. The van der Waals surface area contributed by atoms with Gasteiger partial charge in [0.15, 0.2) is 0 Å². The summed E-state index contributed by atoms with van der Waals surface area (Å²) in [6.07, 6.45) is 1.20. The maximum Gasteiger partial charge on any atom is 0.101 e. The molecule has 1 atom stereocenters. The molecular formula is C17H26N4. The standard InChI is InChI=1S/C17H26N4/c1-4-14(2)20-7-9-21(10-8-20)17-6-5-15(13-19-3)11-16(17)12-18/h5-6,11,14,19H,4,7-10,13H2,1-3H3. The lowest BCUT2D eigenvalue weighted by atomic mass is 10.1. The van der Waals surface area contributed by atoms with Crippen molar-refractivity contribution in [3.05, 3.63) is 29.3 Å². The van der Waals surface area contributed by atoms with Crippen molar-refractivity contribution < 1.29 is 0 Å². The lowest BCUT2D eigenvalue weighted by molar-refractivity contribution is 0.193. The maximum atomic E-state index is 9.41. The zero-order valence-corrected chi connectivity index (χ0v) is 13.4. The first-order valence-corrected chi connectivity index (χ1v) is 7.86. The molecule has 1 aliphatic rings. The van der Waals surface area contributed by atoms with Crippen LogP contribution in [0.2, 0.25) is 0 Å². The van der Waals surface area contributed by atoms with E-state index in [1.165, 1.54) is 6.42 Å². The second-order valence-corrected chi connectivity index (χ2v) is 5.77. The van der Waals surface area contributed by atoms with Crippen LogP contribution in [0.3, 0.4) is 0 Å². The van der Waals surface area contributed by atoms with Crippen molar-refractivity contribution in [1.29, 1.82) is 5.26 Å². The van der Waals surface area contributed by atoms with Crippen LogP contribution in [0.15, 0.2) is 18.2 Å². The highest BCUT2D eigenvalue weighted by atomic mass is 15.3. The van der Waals surface area contributed by atoms with Crippen LogP contribution < -0.4 is 10.2 Å². The van der Waals surface area contributed by atoms with E-state index in [2.05, 4.69) is 47.2 Å². The van der Waals surface area contributed by atoms with Crippen molar-refractivity contribution in [3.8, 4) is 6.07 Å². The van der Waals surface area contributed by atoms with Crippen LogP contribution in [-0.2, 0) is 6.54 Å². The molecule has 114 valence electrons.